The quantitative estimate of drug-likeness (QED) is 0.694. The fourth-order valence-corrected chi connectivity index (χ4v) is 2.69. The zero-order valence-electron chi connectivity index (χ0n) is 11.6. The summed E-state index contributed by atoms with van der Waals surface area (Å²) >= 11 is 0. The molecule has 1 unspecified atom stereocenters. The highest BCUT2D eigenvalue weighted by Gasteiger charge is 2.28. The third kappa shape index (κ3) is 2.89. The molecule has 0 bridgehead atoms. The second kappa shape index (κ2) is 5.55. The number of aryl methyl sites for hydroxylation is 1. The van der Waals surface area contributed by atoms with Crippen molar-refractivity contribution in [3.63, 3.8) is 0 Å². The normalized spacial score (nSPS) is 21.0. The molecule has 1 saturated heterocycles. The molecule has 2 heterocycles. The molecule has 6 heteroatoms. The fraction of sp³-hybridized carbons (Fsp3) is 0.400. The van der Waals surface area contributed by atoms with E-state index in [2.05, 4.69) is 16.0 Å². The van der Waals surface area contributed by atoms with Gasteiger partial charge in [0, 0.05) is 24.2 Å². The zero-order valence-corrected chi connectivity index (χ0v) is 11.6. The summed E-state index contributed by atoms with van der Waals surface area (Å²) in [5, 5.41) is 8.21. The van der Waals surface area contributed by atoms with Gasteiger partial charge in [-0.1, -0.05) is 0 Å². The number of piperidine rings is 1. The highest BCUT2D eigenvalue weighted by Crippen LogP contribution is 2.23. The third-order valence-electron chi connectivity index (χ3n) is 3.85. The molecular weight excluding hydrogens is 270 g/mol. The van der Waals surface area contributed by atoms with E-state index in [0.29, 0.717) is 12.0 Å². The minimum Gasteiger partial charge on any atom is -0.385 e. The fourth-order valence-electron chi connectivity index (χ4n) is 2.69. The Bertz CT molecular complexity index is 612. The Morgan fingerprint density at radius 2 is 2.10 bits per heavy atom. The third-order valence-corrected chi connectivity index (χ3v) is 3.85. The summed E-state index contributed by atoms with van der Waals surface area (Å²) in [6.07, 6.45) is 2.60. The number of nitrogens with one attached hydrogen (secondary N) is 3. The van der Waals surface area contributed by atoms with Crippen LogP contribution in [0.5, 0.6) is 0 Å². The molecule has 3 amide bonds. The number of imide groups is 1. The highest BCUT2D eigenvalue weighted by molar-refractivity contribution is 6.03. The van der Waals surface area contributed by atoms with Crippen LogP contribution in [0.3, 0.4) is 0 Å². The van der Waals surface area contributed by atoms with E-state index < -0.39 is 11.9 Å². The first-order valence-corrected chi connectivity index (χ1v) is 7.15. The number of hydrogen-bond acceptors (Lipinski definition) is 4. The van der Waals surface area contributed by atoms with Gasteiger partial charge in [-0.25, -0.2) is 0 Å². The maximum Gasteiger partial charge on any atom is 0.251 e. The molecule has 0 saturated carbocycles. The van der Waals surface area contributed by atoms with Crippen LogP contribution in [0.1, 0.15) is 35.2 Å². The number of carbonyl (C=O) groups excluding carboxylic acids is 3. The van der Waals surface area contributed by atoms with Crippen molar-refractivity contribution in [1.29, 1.82) is 0 Å². The van der Waals surface area contributed by atoms with E-state index in [1.807, 2.05) is 12.1 Å². The molecule has 3 rings (SSSR count). The van der Waals surface area contributed by atoms with Crippen LogP contribution in [0.25, 0.3) is 0 Å². The maximum atomic E-state index is 12.2. The van der Waals surface area contributed by atoms with Crippen LogP contribution in [-0.4, -0.2) is 30.3 Å². The lowest BCUT2D eigenvalue weighted by atomic mass is 10.00. The van der Waals surface area contributed by atoms with Gasteiger partial charge >= 0.3 is 0 Å². The molecule has 1 atom stereocenters. The van der Waals surface area contributed by atoms with Crippen LogP contribution in [0.15, 0.2) is 18.2 Å². The Labute approximate surface area is 122 Å². The van der Waals surface area contributed by atoms with Crippen molar-refractivity contribution in [3.05, 3.63) is 29.3 Å². The monoisotopic (exact) mass is 287 g/mol. The van der Waals surface area contributed by atoms with Gasteiger partial charge in [0.1, 0.15) is 6.04 Å². The summed E-state index contributed by atoms with van der Waals surface area (Å²) in [5.41, 5.74) is 2.73. The predicted octanol–water partition coefficient (Wildman–Crippen LogP) is 0.580. The van der Waals surface area contributed by atoms with Gasteiger partial charge in [-0.05, 0) is 43.0 Å². The van der Waals surface area contributed by atoms with Gasteiger partial charge in [0.2, 0.25) is 11.8 Å². The van der Waals surface area contributed by atoms with Gasteiger partial charge in [0.15, 0.2) is 0 Å². The first-order chi connectivity index (χ1) is 10.1. The summed E-state index contributed by atoms with van der Waals surface area (Å²) in [7, 11) is 0. The van der Waals surface area contributed by atoms with Crippen molar-refractivity contribution < 1.29 is 14.4 Å². The Morgan fingerprint density at radius 1 is 1.24 bits per heavy atom. The summed E-state index contributed by atoms with van der Waals surface area (Å²) in [6.45, 7) is 0.953. The average Bonchev–Trinajstić information content (AvgIpc) is 2.49. The second-order valence-electron chi connectivity index (χ2n) is 5.38. The smallest absolute Gasteiger partial charge is 0.251 e. The number of amides is 3. The van der Waals surface area contributed by atoms with Crippen molar-refractivity contribution in [3.8, 4) is 0 Å². The van der Waals surface area contributed by atoms with Crippen molar-refractivity contribution >= 4 is 23.4 Å². The van der Waals surface area contributed by atoms with Crippen molar-refractivity contribution in [2.45, 2.75) is 31.7 Å². The molecule has 0 aromatic heterocycles. The van der Waals surface area contributed by atoms with Crippen LogP contribution in [0.2, 0.25) is 0 Å². The number of hydrogen-bond donors (Lipinski definition) is 3. The largest absolute Gasteiger partial charge is 0.385 e. The van der Waals surface area contributed by atoms with E-state index in [1.165, 1.54) is 0 Å². The predicted molar refractivity (Wildman–Crippen MR) is 76.9 cm³/mol. The van der Waals surface area contributed by atoms with E-state index in [1.54, 1.807) is 6.07 Å². The van der Waals surface area contributed by atoms with Gasteiger partial charge in [-0.15, -0.1) is 0 Å². The lowest BCUT2D eigenvalue weighted by molar-refractivity contribution is -0.134. The molecule has 110 valence electrons. The summed E-state index contributed by atoms with van der Waals surface area (Å²) in [6, 6.07) is 4.87. The molecule has 21 heavy (non-hydrogen) atoms. The molecule has 3 N–H and O–H groups in total. The number of anilines is 1. The minimum absolute atomic E-state index is 0.255. The molecule has 1 fully saturated rings. The Kier molecular flexibility index (Phi) is 3.60. The minimum atomic E-state index is -0.635. The molecule has 0 spiro atoms. The number of rotatable bonds is 2. The van der Waals surface area contributed by atoms with Crippen LogP contribution < -0.4 is 16.0 Å². The second-order valence-corrected chi connectivity index (χ2v) is 5.38. The number of benzene rings is 1. The topological polar surface area (TPSA) is 87.3 Å². The SMILES string of the molecule is O=C1CCC(NC(=O)c2ccc3c(c2)CCCN3)C(=O)N1. The van der Waals surface area contributed by atoms with Gasteiger partial charge in [0.05, 0.1) is 0 Å². The van der Waals surface area contributed by atoms with Crippen molar-refractivity contribution in [2.24, 2.45) is 0 Å². The summed E-state index contributed by atoms with van der Waals surface area (Å²) < 4.78 is 0. The van der Waals surface area contributed by atoms with E-state index in [0.717, 1.165) is 30.6 Å². The number of fused-ring (bicyclic) bond motifs is 1. The molecule has 6 nitrogen and oxygen atoms in total. The molecule has 1 aromatic rings. The molecule has 0 aliphatic carbocycles. The number of carbonyl (C=O) groups is 3. The Morgan fingerprint density at radius 3 is 2.90 bits per heavy atom. The van der Waals surface area contributed by atoms with Crippen LogP contribution in [0.4, 0.5) is 5.69 Å². The van der Waals surface area contributed by atoms with Gasteiger partial charge in [-0.2, -0.15) is 0 Å². The van der Waals surface area contributed by atoms with E-state index >= 15 is 0 Å². The van der Waals surface area contributed by atoms with Crippen molar-refractivity contribution in [2.75, 3.05) is 11.9 Å². The van der Waals surface area contributed by atoms with Crippen molar-refractivity contribution in [1.82, 2.24) is 10.6 Å². The van der Waals surface area contributed by atoms with Gasteiger partial charge in [0.25, 0.3) is 5.91 Å². The summed E-state index contributed by atoms with van der Waals surface area (Å²) in [4.78, 5) is 35.0. The standard InChI is InChI=1S/C15H17N3O3/c19-13-6-5-12(15(21)18-13)17-14(20)10-3-4-11-9(8-10)2-1-7-16-11/h3-4,8,12,16H,1-2,5-7H2,(H,17,20)(H,18,19,21). The zero-order chi connectivity index (χ0) is 14.8. The molecule has 2 aliphatic heterocycles. The Hall–Kier alpha value is -2.37. The van der Waals surface area contributed by atoms with Crippen LogP contribution >= 0.6 is 0 Å². The molecule has 1 aromatic carbocycles. The maximum absolute atomic E-state index is 12.2. The molecular formula is C15H17N3O3. The lowest BCUT2D eigenvalue weighted by Gasteiger charge is -2.22. The first-order valence-electron chi connectivity index (χ1n) is 7.15. The molecule has 0 radical (unpaired) electrons. The van der Waals surface area contributed by atoms with E-state index in [-0.39, 0.29) is 18.2 Å². The average molecular weight is 287 g/mol. The lowest BCUT2D eigenvalue weighted by Crippen LogP contribution is -2.52. The first kappa shape index (κ1) is 13.6. The molecule has 2 aliphatic rings. The van der Waals surface area contributed by atoms with Gasteiger partial charge < -0.3 is 10.6 Å². The Balaban J connectivity index is 1.70. The van der Waals surface area contributed by atoms with E-state index in [9.17, 15) is 14.4 Å². The van der Waals surface area contributed by atoms with E-state index in [4.69, 9.17) is 0 Å². The van der Waals surface area contributed by atoms with Crippen LogP contribution in [-0.2, 0) is 16.0 Å². The highest BCUT2D eigenvalue weighted by atomic mass is 16.2. The van der Waals surface area contributed by atoms with Crippen LogP contribution in [0, 0.1) is 0 Å². The van der Waals surface area contributed by atoms with Gasteiger partial charge in [-0.3, -0.25) is 19.7 Å². The summed E-state index contributed by atoms with van der Waals surface area (Å²) in [5.74, 6) is -0.998.